The summed E-state index contributed by atoms with van der Waals surface area (Å²) in [7, 11) is 0. The molecule has 8 nitrogen and oxygen atoms in total. The first-order chi connectivity index (χ1) is 11.0. The van der Waals surface area contributed by atoms with Crippen LogP contribution in [-0.2, 0) is 19.1 Å². The summed E-state index contributed by atoms with van der Waals surface area (Å²) >= 11 is 0. The van der Waals surface area contributed by atoms with E-state index in [4.69, 9.17) is 18.9 Å². The molecule has 23 heavy (non-hydrogen) atoms. The van der Waals surface area contributed by atoms with Crippen molar-refractivity contribution in [2.75, 3.05) is 26.4 Å². The Labute approximate surface area is 132 Å². The summed E-state index contributed by atoms with van der Waals surface area (Å²) in [6.45, 7) is 2.77. The van der Waals surface area contributed by atoms with Gasteiger partial charge in [-0.3, -0.25) is 0 Å². The highest BCUT2D eigenvalue weighted by atomic mass is 16.6. The molecule has 0 saturated carbocycles. The Morgan fingerprint density at radius 3 is 2.04 bits per heavy atom. The third-order valence-corrected chi connectivity index (χ3v) is 2.50. The number of esters is 2. The van der Waals surface area contributed by atoms with Gasteiger partial charge in [0, 0.05) is 0 Å². The van der Waals surface area contributed by atoms with Crippen molar-refractivity contribution in [3.63, 3.8) is 0 Å². The molecule has 0 aliphatic rings. The van der Waals surface area contributed by atoms with Crippen LogP contribution in [0.5, 0.6) is 11.5 Å². The normalized spacial score (nSPS) is 9.83. The van der Waals surface area contributed by atoms with Gasteiger partial charge in [0.1, 0.15) is 5.56 Å². The number of hydrogen-bond acceptors (Lipinski definition) is 7. The molecule has 8 heteroatoms. The molecule has 0 aliphatic heterocycles. The van der Waals surface area contributed by atoms with Gasteiger partial charge in [-0.15, -0.1) is 0 Å². The van der Waals surface area contributed by atoms with Crippen molar-refractivity contribution >= 4 is 17.9 Å². The van der Waals surface area contributed by atoms with Gasteiger partial charge in [-0.25, -0.2) is 14.4 Å². The van der Waals surface area contributed by atoms with Crippen LogP contribution in [0.25, 0.3) is 0 Å². The summed E-state index contributed by atoms with van der Waals surface area (Å²) in [5, 5.41) is 9.18. The average Bonchev–Trinajstić information content (AvgIpc) is 2.51. The highest BCUT2D eigenvalue weighted by Crippen LogP contribution is 2.31. The first kappa shape index (κ1) is 18.3. The number of hydrogen-bond donors (Lipinski definition) is 1. The minimum Gasteiger partial charge on any atom is -0.478 e. The molecule has 0 saturated heterocycles. The molecule has 1 aromatic carbocycles. The van der Waals surface area contributed by atoms with E-state index in [0.717, 1.165) is 0 Å². The summed E-state index contributed by atoms with van der Waals surface area (Å²) in [5.41, 5.74) is -0.198. The van der Waals surface area contributed by atoms with Crippen LogP contribution in [-0.4, -0.2) is 49.4 Å². The van der Waals surface area contributed by atoms with Crippen molar-refractivity contribution in [2.24, 2.45) is 0 Å². The number of carboxylic acids is 1. The lowest BCUT2D eigenvalue weighted by molar-refractivity contribution is -0.146. The number of ether oxygens (including phenoxy) is 4. The molecule has 1 N–H and O–H groups in total. The Kier molecular flexibility index (Phi) is 7.38. The van der Waals surface area contributed by atoms with Gasteiger partial charge in [-0.2, -0.15) is 0 Å². The Morgan fingerprint density at radius 1 is 0.957 bits per heavy atom. The molecule has 0 heterocycles. The molecule has 0 aromatic heterocycles. The number of carbonyl (C=O) groups excluding carboxylic acids is 2. The van der Waals surface area contributed by atoms with Gasteiger partial charge in [0.05, 0.1) is 13.2 Å². The van der Waals surface area contributed by atoms with E-state index in [0.29, 0.717) is 0 Å². The van der Waals surface area contributed by atoms with E-state index in [1.54, 1.807) is 13.8 Å². The molecule has 0 bridgehead atoms. The van der Waals surface area contributed by atoms with Crippen molar-refractivity contribution in [1.82, 2.24) is 0 Å². The minimum atomic E-state index is -1.26. The lowest BCUT2D eigenvalue weighted by Gasteiger charge is -2.14. The average molecular weight is 326 g/mol. The zero-order valence-electron chi connectivity index (χ0n) is 12.9. The largest absolute Gasteiger partial charge is 0.478 e. The van der Waals surface area contributed by atoms with Gasteiger partial charge >= 0.3 is 17.9 Å². The number of carboxylic acid groups (broad SMARTS) is 1. The van der Waals surface area contributed by atoms with E-state index in [9.17, 15) is 19.5 Å². The predicted molar refractivity (Wildman–Crippen MR) is 77.7 cm³/mol. The van der Waals surface area contributed by atoms with E-state index in [1.165, 1.54) is 18.2 Å². The lowest BCUT2D eigenvalue weighted by Crippen LogP contribution is -2.18. The van der Waals surface area contributed by atoms with Crippen LogP contribution in [0, 0.1) is 0 Å². The molecule has 0 unspecified atom stereocenters. The summed E-state index contributed by atoms with van der Waals surface area (Å²) in [6, 6.07) is 4.15. The van der Waals surface area contributed by atoms with Crippen LogP contribution < -0.4 is 9.47 Å². The van der Waals surface area contributed by atoms with Crippen molar-refractivity contribution in [2.45, 2.75) is 13.8 Å². The molecule has 126 valence electrons. The zero-order valence-corrected chi connectivity index (χ0v) is 12.9. The monoisotopic (exact) mass is 326 g/mol. The fourth-order valence-electron chi connectivity index (χ4n) is 1.62. The zero-order chi connectivity index (χ0) is 17.2. The molecule has 0 radical (unpaired) electrons. The molecule has 0 aliphatic carbocycles. The fraction of sp³-hybridized carbons (Fsp3) is 0.400. The summed E-state index contributed by atoms with van der Waals surface area (Å²) in [4.78, 5) is 33.9. The van der Waals surface area contributed by atoms with E-state index in [2.05, 4.69) is 0 Å². The summed E-state index contributed by atoms with van der Waals surface area (Å²) < 4.78 is 19.8. The smallest absolute Gasteiger partial charge is 0.344 e. The second-order valence-corrected chi connectivity index (χ2v) is 4.13. The van der Waals surface area contributed by atoms with Crippen LogP contribution >= 0.6 is 0 Å². The van der Waals surface area contributed by atoms with Crippen LogP contribution in [0.3, 0.4) is 0 Å². The first-order valence-corrected chi connectivity index (χ1v) is 6.92. The molecule has 0 atom stereocenters. The second-order valence-electron chi connectivity index (χ2n) is 4.13. The predicted octanol–water partition coefficient (Wildman–Crippen LogP) is 1.27. The van der Waals surface area contributed by atoms with Gasteiger partial charge < -0.3 is 24.1 Å². The molecule has 0 spiro atoms. The highest BCUT2D eigenvalue weighted by molar-refractivity contribution is 5.92. The van der Waals surface area contributed by atoms with E-state index >= 15 is 0 Å². The summed E-state index contributed by atoms with van der Waals surface area (Å²) in [5.74, 6) is -2.65. The van der Waals surface area contributed by atoms with Crippen LogP contribution in [0.2, 0.25) is 0 Å². The van der Waals surface area contributed by atoms with Crippen molar-refractivity contribution in [1.29, 1.82) is 0 Å². The van der Waals surface area contributed by atoms with Crippen LogP contribution in [0.1, 0.15) is 24.2 Å². The fourth-order valence-corrected chi connectivity index (χ4v) is 1.62. The Hall–Kier alpha value is -2.77. The Morgan fingerprint density at radius 2 is 1.52 bits per heavy atom. The Balaban J connectivity index is 2.91. The van der Waals surface area contributed by atoms with E-state index < -0.39 is 31.1 Å². The molecule has 0 amide bonds. The van der Waals surface area contributed by atoms with Gasteiger partial charge in [-0.05, 0) is 26.0 Å². The summed E-state index contributed by atoms with van der Waals surface area (Å²) in [6.07, 6.45) is 0. The third kappa shape index (κ3) is 5.85. The second kappa shape index (κ2) is 9.29. The SMILES string of the molecule is CCOC(=O)COc1cccc(C(=O)O)c1OCC(=O)OCC. The Bertz CT molecular complexity index is 567. The van der Waals surface area contributed by atoms with Crippen LogP contribution in [0.15, 0.2) is 18.2 Å². The van der Waals surface area contributed by atoms with Gasteiger partial charge in [0.15, 0.2) is 24.7 Å². The number of benzene rings is 1. The minimum absolute atomic E-state index is 0.0160. The first-order valence-electron chi connectivity index (χ1n) is 6.92. The highest BCUT2D eigenvalue weighted by Gasteiger charge is 2.19. The molecule has 1 aromatic rings. The lowest BCUT2D eigenvalue weighted by atomic mass is 10.2. The third-order valence-electron chi connectivity index (χ3n) is 2.50. The number of carbonyl (C=O) groups is 3. The van der Waals surface area contributed by atoms with Gasteiger partial charge in [0.2, 0.25) is 0 Å². The van der Waals surface area contributed by atoms with Crippen molar-refractivity contribution < 1.29 is 38.4 Å². The molecule has 1 rings (SSSR count). The molecule has 0 fully saturated rings. The quantitative estimate of drug-likeness (QED) is 0.676. The number of para-hydroxylation sites is 1. The molecular formula is C15H18O8. The topological polar surface area (TPSA) is 108 Å². The maximum Gasteiger partial charge on any atom is 0.344 e. The maximum atomic E-state index is 11.4. The maximum absolute atomic E-state index is 11.4. The number of aromatic carboxylic acids is 1. The van der Waals surface area contributed by atoms with Crippen molar-refractivity contribution in [3.05, 3.63) is 23.8 Å². The van der Waals surface area contributed by atoms with E-state index in [1.807, 2.05) is 0 Å². The van der Waals surface area contributed by atoms with E-state index in [-0.39, 0.29) is 30.3 Å². The van der Waals surface area contributed by atoms with Crippen molar-refractivity contribution in [3.8, 4) is 11.5 Å². The number of rotatable bonds is 9. The van der Waals surface area contributed by atoms with Gasteiger partial charge in [0.25, 0.3) is 0 Å². The van der Waals surface area contributed by atoms with Crippen LogP contribution in [0.4, 0.5) is 0 Å². The van der Waals surface area contributed by atoms with Gasteiger partial charge in [-0.1, -0.05) is 6.07 Å². The molecular weight excluding hydrogens is 308 g/mol. The standard InChI is InChI=1S/C15H18O8/c1-3-20-12(16)8-22-11-7-5-6-10(15(18)19)14(11)23-9-13(17)21-4-2/h5-7H,3-4,8-9H2,1-2H3,(H,18,19).